The largest absolute Gasteiger partial charge is 0.455 e. The first-order valence-electron chi connectivity index (χ1n) is 6.68. The summed E-state index contributed by atoms with van der Waals surface area (Å²) in [6.45, 7) is 5.82. The molecule has 0 bridgehead atoms. The van der Waals surface area contributed by atoms with Crippen LogP contribution in [0.3, 0.4) is 0 Å². The zero-order valence-electron chi connectivity index (χ0n) is 12.1. The van der Waals surface area contributed by atoms with Crippen LogP contribution >= 0.6 is 0 Å². The van der Waals surface area contributed by atoms with Crippen molar-refractivity contribution in [2.75, 3.05) is 5.32 Å². The Morgan fingerprint density at radius 3 is 2.90 bits per heavy atom. The van der Waals surface area contributed by atoms with Crippen LogP contribution in [0.4, 0.5) is 10.1 Å². The van der Waals surface area contributed by atoms with E-state index in [2.05, 4.69) is 10.3 Å². The van der Waals surface area contributed by atoms with Crippen molar-refractivity contribution in [2.45, 2.75) is 32.9 Å². The Balaban J connectivity index is 2.00. The van der Waals surface area contributed by atoms with Crippen molar-refractivity contribution in [3.05, 3.63) is 41.7 Å². The van der Waals surface area contributed by atoms with Crippen molar-refractivity contribution in [2.24, 2.45) is 0 Å². The molecule has 0 aliphatic carbocycles. The van der Waals surface area contributed by atoms with Crippen molar-refractivity contribution >= 4 is 11.7 Å². The molecule has 2 aromatic rings. The molecule has 6 heteroatoms. The van der Waals surface area contributed by atoms with E-state index in [-0.39, 0.29) is 11.5 Å². The van der Waals surface area contributed by atoms with E-state index in [0.717, 1.165) is 5.69 Å². The van der Waals surface area contributed by atoms with Crippen LogP contribution in [0.1, 0.15) is 37.0 Å². The molecule has 0 saturated carbocycles. The second-order valence-corrected chi connectivity index (χ2v) is 5.93. The number of imidazole rings is 1. The number of anilines is 1. The van der Waals surface area contributed by atoms with Gasteiger partial charge in [0.1, 0.15) is 17.7 Å². The predicted molar refractivity (Wildman–Crippen MR) is 76.0 cm³/mol. The van der Waals surface area contributed by atoms with Gasteiger partial charge in [0.05, 0.1) is 23.6 Å². The first-order chi connectivity index (χ1) is 9.85. The van der Waals surface area contributed by atoms with Gasteiger partial charge in [-0.25, -0.2) is 14.2 Å². The fourth-order valence-corrected chi connectivity index (χ4v) is 2.29. The number of hydrogen-bond donors (Lipinski definition) is 1. The summed E-state index contributed by atoms with van der Waals surface area (Å²) in [6, 6.07) is 4.45. The summed E-state index contributed by atoms with van der Waals surface area (Å²) in [5, 5.41) is 3.10. The lowest BCUT2D eigenvalue weighted by molar-refractivity contribution is 0.00621. The molecule has 1 aliphatic rings. The lowest BCUT2D eigenvalue weighted by Gasteiger charge is -2.22. The molecule has 0 radical (unpaired) electrons. The van der Waals surface area contributed by atoms with Gasteiger partial charge in [-0.3, -0.25) is 4.57 Å². The highest BCUT2D eigenvalue weighted by atomic mass is 19.1. The van der Waals surface area contributed by atoms with Crippen LogP contribution in [0, 0.1) is 5.82 Å². The Labute approximate surface area is 121 Å². The summed E-state index contributed by atoms with van der Waals surface area (Å²) < 4.78 is 20.4. The summed E-state index contributed by atoms with van der Waals surface area (Å²) in [7, 11) is 0. The molecule has 3 rings (SSSR count). The van der Waals surface area contributed by atoms with E-state index in [1.165, 1.54) is 12.1 Å². The first-order valence-corrected chi connectivity index (χ1v) is 6.68. The van der Waals surface area contributed by atoms with E-state index >= 15 is 0 Å². The molecule has 1 N–H and O–H groups in total. The quantitative estimate of drug-likeness (QED) is 0.820. The maximum Gasteiger partial charge on any atom is 0.359 e. The third-order valence-corrected chi connectivity index (χ3v) is 3.12. The number of rotatable bonds is 1. The second-order valence-electron chi connectivity index (χ2n) is 5.93. The van der Waals surface area contributed by atoms with Gasteiger partial charge in [-0.2, -0.15) is 0 Å². The summed E-state index contributed by atoms with van der Waals surface area (Å²) in [5.41, 5.74) is 1.86. The Hall–Kier alpha value is -2.37. The number of hydrogen-bond acceptors (Lipinski definition) is 4. The monoisotopic (exact) mass is 289 g/mol. The number of ether oxygens (including phenoxy) is 1. The van der Waals surface area contributed by atoms with Gasteiger partial charge >= 0.3 is 5.97 Å². The van der Waals surface area contributed by atoms with Crippen LogP contribution in [-0.2, 0) is 11.3 Å². The summed E-state index contributed by atoms with van der Waals surface area (Å²) in [5.74, 6) is -0.763. The number of halogens is 1. The van der Waals surface area contributed by atoms with Crippen LogP contribution < -0.4 is 5.32 Å². The van der Waals surface area contributed by atoms with Gasteiger partial charge in [-0.1, -0.05) is 0 Å². The smallest absolute Gasteiger partial charge is 0.359 e. The molecule has 1 aliphatic heterocycles. The highest BCUT2D eigenvalue weighted by Gasteiger charge is 2.27. The van der Waals surface area contributed by atoms with E-state index in [0.29, 0.717) is 17.9 Å². The Morgan fingerprint density at radius 1 is 1.43 bits per heavy atom. The molecule has 110 valence electrons. The van der Waals surface area contributed by atoms with E-state index in [9.17, 15) is 9.18 Å². The molecule has 5 nitrogen and oxygen atoms in total. The minimum Gasteiger partial charge on any atom is -0.455 e. The zero-order valence-corrected chi connectivity index (χ0v) is 12.1. The van der Waals surface area contributed by atoms with Gasteiger partial charge in [0.25, 0.3) is 0 Å². The maximum atomic E-state index is 13.3. The number of nitrogens with one attached hydrogen (secondary N) is 1. The second kappa shape index (κ2) is 4.58. The molecule has 0 unspecified atom stereocenters. The van der Waals surface area contributed by atoms with Gasteiger partial charge < -0.3 is 10.1 Å². The summed E-state index contributed by atoms with van der Waals surface area (Å²) >= 11 is 0. The molecule has 0 atom stereocenters. The van der Waals surface area contributed by atoms with E-state index in [1.807, 2.05) is 20.8 Å². The topological polar surface area (TPSA) is 56.1 Å². The standard InChI is InChI=1S/C15H16FN3O2/c1-15(2,3)21-14(20)13-12-7-17-10-6-9(16)4-5-11(10)19(12)8-18-13/h4-6,8,17H,7H2,1-3H3. The molecule has 2 heterocycles. The summed E-state index contributed by atoms with van der Waals surface area (Å²) in [6.07, 6.45) is 1.56. The molecule has 1 aromatic heterocycles. The van der Waals surface area contributed by atoms with Crippen molar-refractivity contribution in [1.29, 1.82) is 0 Å². The maximum absolute atomic E-state index is 13.3. The summed E-state index contributed by atoms with van der Waals surface area (Å²) in [4.78, 5) is 16.3. The van der Waals surface area contributed by atoms with Crippen LogP contribution in [0.25, 0.3) is 5.69 Å². The van der Waals surface area contributed by atoms with Crippen LogP contribution in [-0.4, -0.2) is 21.1 Å². The van der Waals surface area contributed by atoms with Crippen LogP contribution in [0.5, 0.6) is 0 Å². The molecule has 0 amide bonds. The van der Waals surface area contributed by atoms with Crippen LogP contribution in [0.15, 0.2) is 24.5 Å². The molecule has 0 spiro atoms. The number of nitrogens with zero attached hydrogens (tertiary/aromatic N) is 2. The van der Waals surface area contributed by atoms with E-state index in [4.69, 9.17) is 4.74 Å². The van der Waals surface area contributed by atoms with Crippen molar-refractivity contribution in [1.82, 2.24) is 9.55 Å². The average Bonchev–Trinajstić information content (AvgIpc) is 2.80. The Morgan fingerprint density at radius 2 is 2.19 bits per heavy atom. The first kappa shape index (κ1) is 13.6. The van der Waals surface area contributed by atoms with Gasteiger partial charge in [0.2, 0.25) is 0 Å². The van der Waals surface area contributed by atoms with E-state index < -0.39 is 11.6 Å². The van der Waals surface area contributed by atoms with Gasteiger partial charge in [-0.15, -0.1) is 0 Å². The number of esters is 1. The zero-order chi connectivity index (χ0) is 15.2. The normalized spacial score (nSPS) is 13.1. The minimum atomic E-state index is -0.573. The number of benzene rings is 1. The van der Waals surface area contributed by atoms with Crippen molar-refractivity contribution < 1.29 is 13.9 Å². The molecule has 0 saturated heterocycles. The third-order valence-electron chi connectivity index (χ3n) is 3.12. The Bertz CT molecular complexity index is 716. The SMILES string of the molecule is CC(C)(C)OC(=O)c1ncn2c1CNc1cc(F)ccc1-2. The third kappa shape index (κ3) is 2.49. The number of carbonyl (C=O) groups is 1. The van der Waals surface area contributed by atoms with Crippen molar-refractivity contribution in [3.63, 3.8) is 0 Å². The number of carbonyl (C=O) groups excluding carboxylic acids is 1. The Kier molecular flexibility index (Phi) is 2.97. The van der Waals surface area contributed by atoms with Gasteiger partial charge in [-0.05, 0) is 39.0 Å². The predicted octanol–water partition coefficient (Wildman–Crippen LogP) is 2.89. The number of fused-ring (bicyclic) bond motifs is 3. The highest BCUT2D eigenvalue weighted by Crippen LogP contribution is 2.29. The lowest BCUT2D eigenvalue weighted by Crippen LogP contribution is -2.26. The highest BCUT2D eigenvalue weighted by molar-refractivity contribution is 5.89. The lowest BCUT2D eigenvalue weighted by atomic mass is 10.1. The van der Waals surface area contributed by atoms with Gasteiger partial charge in [0.15, 0.2) is 5.69 Å². The fraction of sp³-hybridized carbons (Fsp3) is 0.333. The molecule has 0 fully saturated rings. The molecular weight excluding hydrogens is 273 g/mol. The number of aromatic nitrogens is 2. The van der Waals surface area contributed by atoms with Crippen molar-refractivity contribution in [3.8, 4) is 5.69 Å². The van der Waals surface area contributed by atoms with Gasteiger partial charge in [0, 0.05) is 0 Å². The van der Waals surface area contributed by atoms with E-state index in [1.54, 1.807) is 17.0 Å². The fourth-order valence-electron chi connectivity index (χ4n) is 2.29. The van der Waals surface area contributed by atoms with Crippen LogP contribution in [0.2, 0.25) is 0 Å². The molecular formula is C15H16FN3O2. The molecule has 21 heavy (non-hydrogen) atoms. The average molecular weight is 289 g/mol. The minimum absolute atomic E-state index is 0.285. The molecule has 1 aromatic carbocycles.